The van der Waals surface area contributed by atoms with Gasteiger partial charge in [-0.2, -0.15) is 0 Å². The molecule has 0 amide bonds. The molecule has 1 heterocycles. The predicted molar refractivity (Wildman–Crippen MR) is 105 cm³/mol. The zero-order valence-corrected chi connectivity index (χ0v) is 15.1. The van der Waals surface area contributed by atoms with Gasteiger partial charge in [-0.25, -0.2) is 9.98 Å². The van der Waals surface area contributed by atoms with E-state index in [1.807, 2.05) is 53.9 Å². The first-order valence-corrected chi connectivity index (χ1v) is 8.82. The van der Waals surface area contributed by atoms with Crippen LogP contribution in [0.25, 0.3) is 11.3 Å². The molecule has 0 aliphatic heterocycles. The summed E-state index contributed by atoms with van der Waals surface area (Å²) in [7, 11) is 1.64. The summed E-state index contributed by atoms with van der Waals surface area (Å²) in [5.74, 6) is 1.10. The highest BCUT2D eigenvalue weighted by Gasteiger charge is 2.06. The summed E-state index contributed by atoms with van der Waals surface area (Å²) >= 11 is 7.37. The summed E-state index contributed by atoms with van der Waals surface area (Å²) < 4.78 is 5.31. The van der Waals surface area contributed by atoms with E-state index in [-0.39, 0.29) is 0 Å². The van der Waals surface area contributed by atoms with Gasteiger partial charge in [0.25, 0.3) is 0 Å². The SMILES string of the molecule is COc1ccccc1CN=C(N)Nc1nc(-c2ccc(Cl)cc2)cs1. The largest absolute Gasteiger partial charge is 0.496 e. The number of nitrogens with two attached hydrogens (primary N) is 1. The summed E-state index contributed by atoms with van der Waals surface area (Å²) in [6.07, 6.45) is 0. The van der Waals surface area contributed by atoms with E-state index >= 15 is 0 Å². The predicted octanol–water partition coefficient (Wildman–Crippen LogP) is 4.40. The van der Waals surface area contributed by atoms with Crippen LogP contribution in [0, 0.1) is 0 Å². The molecule has 3 aromatic rings. The Labute approximate surface area is 155 Å². The molecule has 0 saturated carbocycles. The number of hydrogen-bond donors (Lipinski definition) is 2. The van der Waals surface area contributed by atoms with Crippen LogP contribution in [0.5, 0.6) is 5.75 Å². The van der Waals surface area contributed by atoms with Crippen LogP contribution in [0.2, 0.25) is 5.02 Å². The second-order valence-electron chi connectivity index (χ2n) is 5.18. The number of anilines is 1. The Balaban J connectivity index is 1.67. The molecule has 0 saturated heterocycles. The number of thiazole rings is 1. The number of halogens is 1. The number of methoxy groups -OCH3 is 1. The molecule has 0 spiro atoms. The number of nitrogens with zero attached hydrogens (tertiary/aromatic N) is 2. The van der Waals surface area contributed by atoms with Crippen molar-refractivity contribution in [3.05, 3.63) is 64.5 Å². The van der Waals surface area contributed by atoms with Gasteiger partial charge in [0.2, 0.25) is 0 Å². The van der Waals surface area contributed by atoms with Crippen molar-refractivity contribution in [2.45, 2.75) is 6.54 Å². The van der Waals surface area contributed by atoms with E-state index in [9.17, 15) is 0 Å². The smallest absolute Gasteiger partial charge is 0.195 e. The second-order valence-corrected chi connectivity index (χ2v) is 6.48. The summed E-state index contributed by atoms with van der Waals surface area (Å²) in [5, 5.41) is 6.36. The van der Waals surface area contributed by atoms with Crippen LogP contribution in [-0.4, -0.2) is 18.1 Å². The fraction of sp³-hybridized carbons (Fsp3) is 0.111. The third-order valence-electron chi connectivity index (χ3n) is 3.49. The number of rotatable bonds is 5. The minimum absolute atomic E-state index is 0.308. The van der Waals surface area contributed by atoms with Gasteiger partial charge in [0.1, 0.15) is 5.75 Å². The number of nitrogens with one attached hydrogen (secondary N) is 1. The average Bonchev–Trinajstić information content (AvgIpc) is 3.09. The van der Waals surface area contributed by atoms with Gasteiger partial charge >= 0.3 is 0 Å². The third-order valence-corrected chi connectivity index (χ3v) is 4.50. The van der Waals surface area contributed by atoms with E-state index in [0.717, 1.165) is 22.6 Å². The van der Waals surface area contributed by atoms with Crippen molar-refractivity contribution in [2.75, 3.05) is 12.4 Å². The Morgan fingerprint density at radius 1 is 1.24 bits per heavy atom. The fourth-order valence-electron chi connectivity index (χ4n) is 2.24. The number of hydrogen-bond acceptors (Lipinski definition) is 4. The first kappa shape index (κ1) is 17.3. The molecule has 0 aliphatic carbocycles. The summed E-state index contributed by atoms with van der Waals surface area (Å²) in [6.45, 7) is 0.429. The number of benzene rings is 2. The van der Waals surface area contributed by atoms with Gasteiger partial charge in [0.05, 0.1) is 19.3 Å². The highest BCUT2D eigenvalue weighted by Crippen LogP contribution is 2.26. The highest BCUT2D eigenvalue weighted by molar-refractivity contribution is 7.14. The molecule has 128 valence electrons. The van der Waals surface area contributed by atoms with Crippen molar-refractivity contribution in [1.82, 2.24) is 4.98 Å². The lowest BCUT2D eigenvalue weighted by Crippen LogP contribution is -2.22. The molecular weight excluding hydrogens is 356 g/mol. The lowest BCUT2D eigenvalue weighted by Gasteiger charge is -2.06. The van der Waals surface area contributed by atoms with Crippen molar-refractivity contribution >= 4 is 34.0 Å². The minimum atomic E-state index is 0.308. The summed E-state index contributed by atoms with van der Waals surface area (Å²) in [5.41, 5.74) is 8.79. The van der Waals surface area contributed by atoms with Crippen molar-refractivity contribution < 1.29 is 4.74 Å². The van der Waals surface area contributed by atoms with Gasteiger partial charge in [0.15, 0.2) is 11.1 Å². The lowest BCUT2D eigenvalue weighted by atomic mass is 10.2. The molecular formula is C18H17ClN4OS. The molecule has 0 fully saturated rings. The molecule has 0 aliphatic rings. The number of aliphatic imine (C=N–C) groups is 1. The molecule has 0 atom stereocenters. The average molecular weight is 373 g/mol. The van der Waals surface area contributed by atoms with Crippen molar-refractivity contribution in [3.63, 3.8) is 0 Å². The van der Waals surface area contributed by atoms with Crippen LogP contribution in [0.3, 0.4) is 0 Å². The molecule has 2 aromatic carbocycles. The zero-order chi connectivity index (χ0) is 17.6. The third kappa shape index (κ3) is 4.49. The lowest BCUT2D eigenvalue weighted by molar-refractivity contribution is 0.410. The highest BCUT2D eigenvalue weighted by atomic mass is 35.5. The Bertz CT molecular complexity index is 877. The van der Waals surface area contributed by atoms with Crippen LogP contribution in [0.15, 0.2) is 58.9 Å². The van der Waals surface area contributed by atoms with Crippen molar-refractivity contribution in [2.24, 2.45) is 10.7 Å². The van der Waals surface area contributed by atoms with Crippen molar-refractivity contribution in [1.29, 1.82) is 0 Å². The Hall–Kier alpha value is -2.57. The molecule has 0 unspecified atom stereocenters. The van der Waals surface area contributed by atoms with Gasteiger partial charge < -0.3 is 15.8 Å². The fourth-order valence-corrected chi connectivity index (χ4v) is 3.09. The molecule has 0 bridgehead atoms. The van der Waals surface area contributed by atoms with E-state index in [1.54, 1.807) is 7.11 Å². The van der Waals surface area contributed by atoms with Gasteiger partial charge in [-0.3, -0.25) is 0 Å². The van der Waals surface area contributed by atoms with Crippen LogP contribution in [-0.2, 0) is 6.54 Å². The molecule has 25 heavy (non-hydrogen) atoms. The first-order chi connectivity index (χ1) is 12.2. The maximum Gasteiger partial charge on any atom is 0.195 e. The molecule has 1 aromatic heterocycles. The number of ether oxygens (including phenoxy) is 1. The number of aromatic nitrogens is 1. The molecule has 3 rings (SSSR count). The van der Waals surface area contributed by atoms with E-state index in [0.29, 0.717) is 22.7 Å². The van der Waals surface area contributed by atoms with E-state index in [4.69, 9.17) is 22.1 Å². The first-order valence-electron chi connectivity index (χ1n) is 7.56. The van der Waals surface area contributed by atoms with Crippen LogP contribution >= 0.6 is 22.9 Å². The standard InChI is InChI=1S/C18H17ClN4OS/c1-24-16-5-3-2-4-13(16)10-21-17(20)23-18-22-15(11-25-18)12-6-8-14(19)9-7-12/h2-9,11H,10H2,1H3,(H3,20,21,22,23). The molecule has 3 N–H and O–H groups in total. The Morgan fingerprint density at radius 3 is 2.76 bits per heavy atom. The van der Waals surface area contributed by atoms with Crippen LogP contribution in [0.4, 0.5) is 5.13 Å². The van der Waals surface area contributed by atoms with Crippen molar-refractivity contribution in [3.8, 4) is 17.0 Å². The van der Waals surface area contributed by atoms with Gasteiger partial charge in [0, 0.05) is 21.5 Å². The Kier molecular flexibility index (Phi) is 5.53. The zero-order valence-electron chi connectivity index (χ0n) is 13.6. The maximum atomic E-state index is 5.96. The van der Waals surface area contributed by atoms with E-state index < -0.39 is 0 Å². The number of para-hydroxylation sites is 1. The molecule has 5 nitrogen and oxygen atoms in total. The quantitative estimate of drug-likeness (QED) is 0.514. The molecule has 0 radical (unpaired) electrons. The van der Waals surface area contributed by atoms with Gasteiger partial charge in [-0.15, -0.1) is 11.3 Å². The van der Waals surface area contributed by atoms with Gasteiger partial charge in [-0.1, -0.05) is 41.9 Å². The van der Waals surface area contributed by atoms with Crippen LogP contribution < -0.4 is 15.8 Å². The molecule has 7 heteroatoms. The van der Waals surface area contributed by atoms with Crippen LogP contribution in [0.1, 0.15) is 5.56 Å². The Morgan fingerprint density at radius 2 is 2.00 bits per heavy atom. The van der Waals surface area contributed by atoms with Gasteiger partial charge in [-0.05, 0) is 18.2 Å². The van der Waals surface area contributed by atoms with E-state index in [2.05, 4.69) is 15.3 Å². The van der Waals surface area contributed by atoms with E-state index in [1.165, 1.54) is 11.3 Å². The normalized spacial score (nSPS) is 11.4. The summed E-state index contributed by atoms with van der Waals surface area (Å²) in [4.78, 5) is 8.86. The number of guanidine groups is 1. The second kappa shape index (κ2) is 8.00. The summed E-state index contributed by atoms with van der Waals surface area (Å²) in [6, 6.07) is 15.3. The maximum absolute atomic E-state index is 5.96. The topological polar surface area (TPSA) is 72.5 Å². The monoisotopic (exact) mass is 372 g/mol. The minimum Gasteiger partial charge on any atom is -0.496 e.